The molecule has 1 aromatic carbocycles. The number of aromatic nitrogens is 2. The molecule has 5 heteroatoms. The van der Waals surface area contributed by atoms with Gasteiger partial charge in [-0.2, -0.15) is 5.10 Å². The lowest BCUT2D eigenvalue weighted by Gasteiger charge is -2.17. The van der Waals surface area contributed by atoms with Crippen LogP contribution < -0.4 is 10.6 Å². The molecule has 2 rings (SSSR count). The third-order valence-corrected chi connectivity index (χ3v) is 3.81. The van der Waals surface area contributed by atoms with Gasteiger partial charge in [-0.15, -0.1) is 0 Å². The molecule has 1 heterocycles. The molecule has 0 unspecified atom stereocenters. The standard InChI is InChI=1S/C19H28N4O/c1-6-20-11-12-21-18(24)16-13-23(22-17(16)19(3,4)5)15-9-7-14(2)8-10-15/h7-10,13,20H,6,11-12H2,1-5H3,(H,21,24). The van der Waals surface area contributed by atoms with Gasteiger partial charge < -0.3 is 10.6 Å². The van der Waals surface area contributed by atoms with Crippen molar-refractivity contribution in [3.63, 3.8) is 0 Å². The number of aryl methyl sites for hydroxylation is 1. The molecule has 0 spiro atoms. The third-order valence-electron chi connectivity index (χ3n) is 3.81. The van der Waals surface area contributed by atoms with Crippen molar-refractivity contribution in [1.82, 2.24) is 20.4 Å². The van der Waals surface area contributed by atoms with E-state index in [9.17, 15) is 4.79 Å². The maximum Gasteiger partial charge on any atom is 0.254 e. The Labute approximate surface area is 144 Å². The largest absolute Gasteiger partial charge is 0.351 e. The zero-order valence-electron chi connectivity index (χ0n) is 15.3. The zero-order valence-corrected chi connectivity index (χ0v) is 15.3. The van der Waals surface area contributed by atoms with Crippen LogP contribution in [0.15, 0.2) is 30.5 Å². The van der Waals surface area contributed by atoms with Crippen LogP contribution in [0.25, 0.3) is 5.69 Å². The van der Waals surface area contributed by atoms with Gasteiger partial charge in [0.05, 0.1) is 16.9 Å². The van der Waals surface area contributed by atoms with Gasteiger partial charge in [0.1, 0.15) is 0 Å². The predicted molar refractivity (Wildman–Crippen MR) is 97.9 cm³/mol. The monoisotopic (exact) mass is 328 g/mol. The van der Waals surface area contributed by atoms with E-state index in [1.54, 1.807) is 4.68 Å². The molecule has 0 aliphatic rings. The molecule has 130 valence electrons. The number of amides is 1. The van der Waals surface area contributed by atoms with Crippen LogP contribution in [0.3, 0.4) is 0 Å². The van der Waals surface area contributed by atoms with Gasteiger partial charge in [-0.25, -0.2) is 4.68 Å². The van der Waals surface area contributed by atoms with Crippen LogP contribution in [0, 0.1) is 6.92 Å². The smallest absolute Gasteiger partial charge is 0.254 e. The lowest BCUT2D eigenvalue weighted by atomic mass is 9.89. The summed E-state index contributed by atoms with van der Waals surface area (Å²) in [6.07, 6.45) is 1.83. The second kappa shape index (κ2) is 7.62. The van der Waals surface area contributed by atoms with E-state index in [2.05, 4.69) is 43.4 Å². The molecule has 5 nitrogen and oxygen atoms in total. The van der Waals surface area contributed by atoms with Gasteiger partial charge in [-0.1, -0.05) is 45.4 Å². The number of hydrogen-bond donors (Lipinski definition) is 2. The first-order chi connectivity index (χ1) is 11.3. The summed E-state index contributed by atoms with van der Waals surface area (Å²) in [5.41, 5.74) is 3.40. The average molecular weight is 328 g/mol. The van der Waals surface area contributed by atoms with Crippen molar-refractivity contribution in [3.8, 4) is 5.69 Å². The fraction of sp³-hybridized carbons (Fsp3) is 0.474. The van der Waals surface area contributed by atoms with Crippen LogP contribution >= 0.6 is 0 Å². The summed E-state index contributed by atoms with van der Waals surface area (Å²) in [4.78, 5) is 12.6. The van der Waals surface area contributed by atoms with Gasteiger partial charge in [-0.3, -0.25) is 4.79 Å². The highest BCUT2D eigenvalue weighted by Gasteiger charge is 2.26. The van der Waals surface area contributed by atoms with Crippen molar-refractivity contribution < 1.29 is 4.79 Å². The van der Waals surface area contributed by atoms with Gasteiger partial charge >= 0.3 is 0 Å². The Kier molecular flexibility index (Phi) is 5.78. The second-order valence-corrected chi connectivity index (χ2v) is 7.03. The topological polar surface area (TPSA) is 58.9 Å². The van der Waals surface area contributed by atoms with Crippen LogP contribution in [0.5, 0.6) is 0 Å². The minimum atomic E-state index is -0.204. The average Bonchev–Trinajstić information content (AvgIpc) is 2.98. The van der Waals surface area contributed by atoms with Gasteiger partial charge in [0.15, 0.2) is 0 Å². The van der Waals surface area contributed by atoms with Crippen molar-refractivity contribution >= 4 is 5.91 Å². The van der Waals surface area contributed by atoms with E-state index in [0.717, 1.165) is 24.5 Å². The van der Waals surface area contributed by atoms with E-state index in [-0.39, 0.29) is 11.3 Å². The molecule has 0 radical (unpaired) electrons. The molecule has 1 amide bonds. The summed E-state index contributed by atoms with van der Waals surface area (Å²) in [7, 11) is 0. The van der Waals surface area contributed by atoms with E-state index in [4.69, 9.17) is 0 Å². The molecule has 0 saturated heterocycles. The van der Waals surface area contributed by atoms with E-state index in [1.165, 1.54) is 5.56 Å². The molecule has 0 aliphatic heterocycles. The number of carbonyl (C=O) groups excluding carboxylic acids is 1. The van der Waals surface area contributed by atoms with Crippen molar-refractivity contribution in [2.75, 3.05) is 19.6 Å². The Morgan fingerprint density at radius 2 is 1.83 bits per heavy atom. The first kappa shape index (κ1) is 18.2. The Hall–Kier alpha value is -2.14. The maximum atomic E-state index is 12.6. The first-order valence-corrected chi connectivity index (χ1v) is 8.49. The van der Waals surface area contributed by atoms with E-state index < -0.39 is 0 Å². The molecular weight excluding hydrogens is 300 g/mol. The number of rotatable bonds is 6. The highest BCUT2D eigenvalue weighted by molar-refractivity contribution is 5.95. The lowest BCUT2D eigenvalue weighted by Crippen LogP contribution is -2.32. The third kappa shape index (κ3) is 4.45. The summed E-state index contributed by atoms with van der Waals surface area (Å²) in [6, 6.07) is 8.12. The molecule has 0 aliphatic carbocycles. The number of carbonyl (C=O) groups is 1. The van der Waals surface area contributed by atoms with Gasteiger partial charge in [0.25, 0.3) is 5.91 Å². The van der Waals surface area contributed by atoms with E-state index in [0.29, 0.717) is 12.1 Å². The zero-order chi connectivity index (χ0) is 17.7. The number of hydrogen-bond acceptors (Lipinski definition) is 3. The van der Waals surface area contributed by atoms with Gasteiger partial charge in [-0.05, 0) is 25.6 Å². The molecule has 24 heavy (non-hydrogen) atoms. The lowest BCUT2D eigenvalue weighted by molar-refractivity contribution is 0.0951. The molecule has 2 aromatic rings. The summed E-state index contributed by atoms with van der Waals surface area (Å²) < 4.78 is 1.79. The minimum Gasteiger partial charge on any atom is -0.351 e. The molecule has 0 bridgehead atoms. The van der Waals surface area contributed by atoms with Crippen molar-refractivity contribution in [1.29, 1.82) is 0 Å². The van der Waals surface area contributed by atoms with Gasteiger partial charge in [0.2, 0.25) is 0 Å². The number of benzene rings is 1. The highest BCUT2D eigenvalue weighted by Crippen LogP contribution is 2.25. The highest BCUT2D eigenvalue weighted by atomic mass is 16.1. The Morgan fingerprint density at radius 1 is 1.17 bits per heavy atom. The number of nitrogens with one attached hydrogen (secondary N) is 2. The quantitative estimate of drug-likeness (QED) is 0.802. The SMILES string of the molecule is CCNCCNC(=O)c1cn(-c2ccc(C)cc2)nc1C(C)(C)C. The summed E-state index contributed by atoms with van der Waals surface area (Å²) >= 11 is 0. The molecular formula is C19H28N4O. The maximum absolute atomic E-state index is 12.6. The fourth-order valence-electron chi connectivity index (χ4n) is 2.46. The second-order valence-electron chi connectivity index (χ2n) is 7.03. The van der Waals surface area contributed by atoms with Crippen molar-refractivity contribution in [3.05, 3.63) is 47.3 Å². The normalized spacial score (nSPS) is 11.5. The molecule has 0 saturated carbocycles. The minimum absolute atomic E-state index is 0.0730. The van der Waals surface area contributed by atoms with Crippen molar-refractivity contribution in [2.24, 2.45) is 0 Å². The fourth-order valence-corrected chi connectivity index (χ4v) is 2.46. The van der Waals surface area contributed by atoms with Crippen LogP contribution in [0.2, 0.25) is 0 Å². The molecule has 0 fully saturated rings. The van der Waals surface area contributed by atoms with Crippen LogP contribution in [-0.2, 0) is 5.41 Å². The van der Waals surface area contributed by atoms with Crippen molar-refractivity contribution in [2.45, 2.75) is 40.0 Å². The van der Waals surface area contributed by atoms with Crippen LogP contribution in [0.4, 0.5) is 0 Å². The summed E-state index contributed by atoms with van der Waals surface area (Å²) in [5, 5.41) is 10.9. The van der Waals surface area contributed by atoms with Crippen LogP contribution in [0.1, 0.15) is 49.3 Å². The Morgan fingerprint density at radius 3 is 2.42 bits per heavy atom. The van der Waals surface area contributed by atoms with Gasteiger partial charge in [0, 0.05) is 24.7 Å². The predicted octanol–water partition coefficient (Wildman–Crippen LogP) is 2.82. The van der Waals surface area contributed by atoms with Crippen LogP contribution in [-0.4, -0.2) is 35.3 Å². The Balaban J connectivity index is 2.28. The number of likely N-dealkylation sites (N-methyl/N-ethyl adjacent to an activating group) is 1. The molecule has 0 atom stereocenters. The first-order valence-electron chi connectivity index (χ1n) is 8.49. The summed E-state index contributed by atoms with van der Waals surface area (Å²) in [6.45, 7) is 12.6. The van der Waals surface area contributed by atoms with E-state index in [1.807, 2.05) is 37.4 Å². The van der Waals surface area contributed by atoms with E-state index >= 15 is 0 Å². The Bertz CT molecular complexity index is 680. The molecule has 2 N–H and O–H groups in total. The number of nitrogens with zero attached hydrogens (tertiary/aromatic N) is 2. The molecule has 1 aromatic heterocycles. The summed E-state index contributed by atoms with van der Waals surface area (Å²) in [5.74, 6) is -0.0730.